The van der Waals surface area contributed by atoms with E-state index in [4.69, 9.17) is 9.15 Å². The molecule has 1 N–H and O–H groups in total. The topological polar surface area (TPSA) is 88.8 Å². The molecule has 1 aromatic heterocycles. The van der Waals surface area contributed by atoms with E-state index in [1.807, 2.05) is 18.2 Å². The summed E-state index contributed by atoms with van der Waals surface area (Å²) >= 11 is 0. The molecule has 2 amide bonds. The minimum absolute atomic E-state index is 0.122. The number of carbonyl (C=O) groups excluding carboxylic acids is 3. The Morgan fingerprint density at radius 2 is 1.74 bits per heavy atom. The van der Waals surface area contributed by atoms with Gasteiger partial charge in [0.2, 0.25) is 0 Å². The standard InChI is InChI=1S/C24H22N2O5/c1-16(23(28)26-13-12-17-7-2-3-8-18(17)15-26)31-24(29)19-9-4-5-10-20(19)25-22(27)21-11-6-14-30-21/h2-11,14,16H,12-13,15H2,1H3,(H,25,27)/t16-/m0/s1. The number of carbonyl (C=O) groups is 3. The first-order chi connectivity index (χ1) is 15.0. The van der Waals surface area contributed by atoms with Crippen molar-refractivity contribution in [2.24, 2.45) is 0 Å². The molecule has 4 rings (SSSR count). The van der Waals surface area contributed by atoms with Gasteiger partial charge in [0.1, 0.15) is 0 Å². The largest absolute Gasteiger partial charge is 0.459 e. The minimum atomic E-state index is -0.952. The summed E-state index contributed by atoms with van der Waals surface area (Å²) < 4.78 is 10.5. The third kappa shape index (κ3) is 4.50. The van der Waals surface area contributed by atoms with E-state index in [0.717, 1.165) is 12.0 Å². The van der Waals surface area contributed by atoms with Gasteiger partial charge in [0, 0.05) is 13.1 Å². The molecule has 0 fully saturated rings. The fourth-order valence-corrected chi connectivity index (χ4v) is 3.58. The van der Waals surface area contributed by atoms with Crippen LogP contribution in [0.2, 0.25) is 0 Å². The molecule has 1 aliphatic heterocycles. The normalized spacial score (nSPS) is 13.8. The van der Waals surface area contributed by atoms with Gasteiger partial charge >= 0.3 is 5.97 Å². The number of hydrogen-bond donors (Lipinski definition) is 1. The van der Waals surface area contributed by atoms with Crippen LogP contribution in [0.5, 0.6) is 0 Å². The third-order valence-electron chi connectivity index (χ3n) is 5.21. The molecule has 7 nitrogen and oxygen atoms in total. The van der Waals surface area contributed by atoms with E-state index in [-0.39, 0.29) is 22.9 Å². The van der Waals surface area contributed by atoms with Crippen LogP contribution < -0.4 is 5.32 Å². The minimum Gasteiger partial charge on any atom is -0.459 e. The van der Waals surface area contributed by atoms with Crippen LogP contribution in [0, 0.1) is 0 Å². The van der Waals surface area contributed by atoms with Gasteiger partial charge in [0.15, 0.2) is 11.9 Å². The number of nitrogens with one attached hydrogen (secondary N) is 1. The van der Waals surface area contributed by atoms with E-state index in [9.17, 15) is 14.4 Å². The van der Waals surface area contributed by atoms with Crippen molar-refractivity contribution in [1.29, 1.82) is 0 Å². The average molecular weight is 418 g/mol. The van der Waals surface area contributed by atoms with E-state index < -0.39 is 18.0 Å². The lowest BCUT2D eigenvalue weighted by atomic mass is 9.99. The molecule has 3 aromatic rings. The van der Waals surface area contributed by atoms with Crippen LogP contribution in [0.25, 0.3) is 0 Å². The Kier molecular flexibility index (Phi) is 5.84. The third-order valence-corrected chi connectivity index (χ3v) is 5.21. The molecule has 2 heterocycles. The molecule has 0 saturated heterocycles. The molecule has 1 atom stereocenters. The molecule has 0 bridgehead atoms. The number of hydrogen-bond acceptors (Lipinski definition) is 5. The smallest absolute Gasteiger partial charge is 0.341 e. The monoisotopic (exact) mass is 418 g/mol. The Hall–Kier alpha value is -3.87. The predicted octanol–water partition coefficient (Wildman–Crippen LogP) is 3.66. The van der Waals surface area contributed by atoms with Crippen molar-refractivity contribution in [3.63, 3.8) is 0 Å². The van der Waals surface area contributed by atoms with Crippen molar-refractivity contribution in [3.8, 4) is 0 Å². The van der Waals surface area contributed by atoms with Gasteiger partial charge in [-0.2, -0.15) is 0 Å². The SMILES string of the molecule is C[C@H](OC(=O)c1ccccc1NC(=O)c1ccco1)C(=O)N1CCc2ccccc2C1. The van der Waals surface area contributed by atoms with E-state index in [2.05, 4.69) is 11.4 Å². The van der Waals surface area contributed by atoms with Gasteiger partial charge in [-0.3, -0.25) is 9.59 Å². The molecule has 2 aromatic carbocycles. The van der Waals surface area contributed by atoms with Crippen LogP contribution in [-0.2, 0) is 22.5 Å². The van der Waals surface area contributed by atoms with Crippen LogP contribution in [0.15, 0.2) is 71.3 Å². The average Bonchev–Trinajstić information content (AvgIpc) is 3.33. The molecule has 1 aliphatic rings. The second-order valence-electron chi connectivity index (χ2n) is 7.30. The molecule has 158 valence electrons. The number of esters is 1. The summed E-state index contributed by atoms with van der Waals surface area (Å²) in [4.78, 5) is 39.6. The quantitative estimate of drug-likeness (QED) is 0.639. The predicted molar refractivity (Wildman–Crippen MR) is 114 cm³/mol. The fourth-order valence-electron chi connectivity index (χ4n) is 3.58. The number of fused-ring (bicyclic) bond motifs is 1. The second kappa shape index (κ2) is 8.87. The number of amides is 2. The van der Waals surface area contributed by atoms with Crippen LogP contribution in [0.1, 0.15) is 39.0 Å². The Morgan fingerprint density at radius 1 is 1.00 bits per heavy atom. The summed E-state index contributed by atoms with van der Waals surface area (Å²) in [5.41, 5.74) is 2.77. The highest BCUT2D eigenvalue weighted by atomic mass is 16.5. The van der Waals surface area contributed by atoms with Crippen LogP contribution in [0.4, 0.5) is 5.69 Å². The molecule has 7 heteroatoms. The van der Waals surface area contributed by atoms with Crippen molar-refractivity contribution >= 4 is 23.5 Å². The number of ether oxygens (including phenoxy) is 1. The lowest BCUT2D eigenvalue weighted by molar-refractivity contribution is -0.140. The van der Waals surface area contributed by atoms with Gasteiger partial charge in [-0.1, -0.05) is 36.4 Å². The first kappa shape index (κ1) is 20.4. The summed E-state index contributed by atoms with van der Waals surface area (Å²) in [5.74, 6) is -1.30. The highest BCUT2D eigenvalue weighted by Gasteiger charge is 2.28. The summed E-state index contributed by atoms with van der Waals surface area (Å²) in [6, 6.07) is 17.6. The highest BCUT2D eigenvalue weighted by molar-refractivity contribution is 6.07. The first-order valence-corrected chi connectivity index (χ1v) is 10.0. The van der Waals surface area contributed by atoms with Gasteiger partial charge in [0.25, 0.3) is 11.8 Å². The van der Waals surface area contributed by atoms with Crippen molar-refractivity contribution in [2.75, 3.05) is 11.9 Å². The van der Waals surface area contributed by atoms with Crippen molar-refractivity contribution in [1.82, 2.24) is 4.90 Å². The Balaban J connectivity index is 1.42. The molecule has 0 saturated carbocycles. The van der Waals surface area contributed by atoms with Crippen LogP contribution in [0.3, 0.4) is 0 Å². The van der Waals surface area contributed by atoms with Crippen molar-refractivity contribution in [2.45, 2.75) is 26.0 Å². The Labute approximate surface area is 179 Å². The van der Waals surface area contributed by atoms with E-state index >= 15 is 0 Å². The van der Waals surface area contributed by atoms with Gasteiger partial charge < -0.3 is 19.4 Å². The molecule has 31 heavy (non-hydrogen) atoms. The van der Waals surface area contributed by atoms with Gasteiger partial charge in [-0.25, -0.2) is 4.79 Å². The zero-order valence-electron chi connectivity index (χ0n) is 17.0. The highest BCUT2D eigenvalue weighted by Crippen LogP contribution is 2.21. The maximum absolute atomic E-state index is 12.9. The molecular weight excluding hydrogens is 396 g/mol. The maximum Gasteiger partial charge on any atom is 0.341 e. The number of nitrogens with zero attached hydrogens (tertiary/aromatic N) is 1. The van der Waals surface area contributed by atoms with Crippen LogP contribution in [-0.4, -0.2) is 35.3 Å². The van der Waals surface area contributed by atoms with Gasteiger partial charge in [-0.05, 0) is 48.7 Å². The second-order valence-corrected chi connectivity index (χ2v) is 7.30. The lowest BCUT2D eigenvalue weighted by Gasteiger charge is -2.30. The van der Waals surface area contributed by atoms with E-state index in [0.29, 0.717) is 13.1 Å². The molecule has 0 unspecified atom stereocenters. The molecule has 0 aliphatic carbocycles. The maximum atomic E-state index is 12.9. The molecule has 0 spiro atoms. The molecule has 0 radical (unpaired) electrons. The van der Waals surface area contributed by atoms with Crippen molar-refractivity contribution in [3.05, 3.63) is 89.4 Å². The number of rotatable bonds is 5. The Bertz CT molecular complexity index is 1110. The summed E-state index contributed by atoms with van der Waals surface area (Å²) in [6.07, 6.45) is 1.21. The Morgan fingerprint density at radius 3 is 2.52 bits per heavy atom. The molecular formula is C24H22N2O5. The number of para-hydroxylation sites is 1. The van der Waals surface area contributed by atoms with Crippen molar-refractivity contribution < 1.29 is 23.5 Å². The van der Waals surface area contributed by atoms with Gasteiger partial charge in [-0.15, -0.1) is 0 Å². The number of benzene rings is 2. The zero-order valence-corrected chi connectivity index (χ0v) is 17.0. The number of anilines is 1. The summed E-state index contributed by atoms with van der Waals surface area (Å²) in [5, 5.41) is 2.64. The number of furan rings is 1. The van der Waals surface area contributed by atoms with E-state index in [1.165, 1.54) is 24.0 Å². The fraction of sp³-hybridized carbons (Fsp3) is 0.208. The van der Waals surface area contributed by atoms with Gasteiger partial charge in [0.05, 0.1) is 17.5 Å². The first-order valence-electron chi connectivity index (χ1n) is 10.0. The van der Waals surface area contributed by atoms with E-state index in [1.54, 1.807) is 36.1 Å². The zero-order chi connectivity index (χ0) is 21.8. The summed E-state index contributed by atoms with van der Waals surface area (Å²) in [6.45, 7) is 2.63. The van der Waals surface area contributed by atoms with Crippen LogP contribution >= 0.6 is 0 Å². The lowest BCUT2D eigenvalue weighted by Crippen LogP contribution is -2.42. The summed E-state index contributed by atoms with van der Waals surface area (Å²) in [7, 11) is 0.